The summed E-state index contributed by atoms with van der Waals surface area (Å²) in [6.45, 7) is 1.57. The third kappa shape index (κ3) is 2.56. The molecule has 1 aliphatic heterocycles. The molecule has 25 heavy (non-hydrogen) atoms. The van der Waals surface area contributed by atoms with Crippen molar-refractivity contribution in [3.05, 3.63) is 36.0 Å². The Kier molecular flexibility index (Phi) is 3.52. The Labute approximate surface area is 144 Å². The van der Waals surface area contributed by atoms with E-state index in [4.69, 9.17) is 0 Å². The summed E-state index contributed by atoms with van der Waals surface area (Å²) in [7, 11) is 0. The van der Waals surface area contributed by atoms with Gasteiger partial charge in [-0.2, -0.15) is 0 Å². The van der Waals surface area contributed by atoms with Crippen molar-refractivity contribution in [1.29, 1.82) is 0 Å². The standard InChI is InChI=1S/C18H19N3O4/c22-15(14-11-12-3-1-2-4-13(12)19-14)20-7-9-21(10-8-20)16(23)18(5-6-18)17(24)25/h1-4,11,19H,5-10H2,(H,24,25). The highest BCUT2D eigenvalue weighted by Gasteiger charge is 2.58. The monoisotopic (exact) mass is 341 g/mol. The maximum atomic E-state index is 12.7. The number of benzene rings is 1. The molecule has 2 N–H and O–H groups in total. The third-order valence-electron chi connectivity index (χ3n) is 5.18. The summed E-state index contributed by atoms with van der Waals surface area (Å²) >= 11 is 0. The van der Waals surface area contributed by atoms with Gasteiger partial charge >= 0.3 is 5.97 Å². The Morgan fingerprint density at radius 2 is 1.64 bits per heavy atom. The number of rotatable bonds is 3. The molecule has 2 aliphatic rings. The maximum absolute atomic E-state index is 12.7. The number of amides is 2. The first-order valence-corrected chi connectivity index (χ1v) is 8.41. The lowest BCUT2D eigenvalue weighted by Gasteiger charge is -2.35. The number of nitrogens with one attached hydrogen (secondary N) is 1. The molecule has 0 atom stereocenters. The van der Waals surface area contributed by atoms with Crippen LogP contribution < -0.4 is 0 Å². The molecule has 2 amide bonds. The maximum Gasteiger partial charge on any atom is 0.319 e. The molecule has 1 aromatic carbocycles. The van der Waals surface area contributed by atoms with Crippen LogP contribution in [0.3, 0.4) is 0 Å². The molecular formula is C18H19N3O4. The van der Waals surface area contributed by atoms with Crippen LogP contribution in [-0.2, 0) is 9.59 Å². The first-order valence-electron chi connectivity index (χ1n) is 8.41. The fourth-order valence-corrected chi connectivity index (χ4v) is 3.42. The van der Waals surface area contributed by atoms with Crippen LogP contribution in [0.2, 0.25) is 0 Å². The Balaban J connectivity index is 1.42. The van der Waals surface area contributed by atoms with Gasteiger partial charge < -0.3 is 19.9 Å². The fraction of sp³-hybridized carbons (Fsp3) is 0.389. The van der Waals surface area contributed by atoms with E-state index in [1.54, 1.807) is 9.80 Å². The largest absolute Gasteiger partial charge is 0.480 e. The summed E-state index contributed by atoms with van der Waals surface area (Å²) < 4.78 is 0. The van der Waals surface area contributed by atoms with Crippen molar-refractivity contribution in [3.63, 3.8) is 0 Å². The molecule has 0 radical (unpaired) electrons. The van der Waals surface area contributed by atoms with Gasteiger partial charge in [0.1, 0.15) is 11.1 Å². The van der Waals surface area contributed by atoms with Gasteiger partial charge in [-0.1, -0.05) is 18.2 Å². The summed E-state index contributed by atoms with van der Waals surface area (Å²) in [5.74, 6) is -1.44. The highest BCUT2D eigenvalue weighted by atomic mass is 16.4. The minimum atomic E-state index is -1.21. The molecule has 0 unspecified atom stereocenters. The van der Waals surface area contributed by atoms with E-state index in [0.717, 1.165) is 10.9 Å². The fourth-order valence-electron chi connectivity index (χ4n) is 3.42. The first-order chi connectivity index (χ1) is 12.0. The van der Waals surface area contributed by atoms with Gasteiger partial charge in [-0.15, -0.1) is 0 Å². The number of carbonyl (C=O) groups excluding carboxylic acids is 2. The average Bonchev–Trinajstić information content (AvgIpc) is 3.34. The molecule has 1 saturated heterocycles. The number of aromatic nitrogens is 1. The zero-order valence-corrected chi connectivity index (χ0v) is 13.7. The molecule has 0 spiro atoms. The number of carboxylic acid groups (broad SMARTS) is 1. The van der Waals surface area contributed by atoms with Crippen molar-refractivity contribution >= 4 is 28.7 Å². The number of aromatic amines is 1. The Hall–Kier alpha value is -2.83. The van der Waals surface area contributed by atoms with Gasteiger partial charge in [-0.25, -0.2) is 0 Å². The molecule has 1 saturated carbocycles. The van der Waals surface area contributed by atoms with Crippen molar-refractivity contribution < 1.29 is 19.5 Å². The quantitative estimate of drug-likeness (QED) is 0.823. The lowest BCUT2D eigenvalue weighted by Crippen LogP contribution is -2.53. The lowest BCUT2D eigenvalue weighted by atomic mass is 10.1. The molecule has 1 aromatic heterocycles. The normalized spacial score (nSPS) is 19.0. The zero-order valence-electron chi connectivity index (χ0n) is 13.7. The van der Waals surface area contributed by atoms with Gasteiger partial charge in [0, 0.05) is 37.1 Å². The van der Waals surface area contributed by atoms with Gasteiger partial charge in [0.25, 0.3) is 5.91 Å². The van der Waals surface area contributed by atoms with E-state index in [-0.39, 0.29) is 11.8 Å². The van der Waals surface area contributed by atoms with Crippen molar-refractivity contribution in [1.82, 2.24) is 14.8 Å². The molecular weight excluding hydrogens is 322 g/mol. The second kappa shape index (κ2) is 5.61. The van der Waals surface area contributed by atoms with E-state index < -0.39 is 11.4 Å². The minimum absolute atomic E-state index is 0.0948. The van der Waals surface area contributed by atoms with Crippen LogP contribution >= 0.6 is 0 Å². The molecule has 0 bridgehead atoms. The second-order valence-electron chi connectivity index (χ2n) is 6.74. The molecule has 1 aliphatic carbocycles. The zero-order chi connectivity index (χ0) is 17.6. The number of fused-ring (bicyclic) bond motifs is 1. The molecule has 2 aromatic rings. The SMILES string of the molecule is O=C(c1cc2ccccc2[nH]1)N1CCN(C(=O)C2(C(=O)O)CC2)CC1. The van der Waals surface area contributed by atoms with E-state index >= 15 is 0 Å². The predicted molar refractivity (Wildman–Crippen MR) is 90.1 cm³/mol. The molecule has 2 heterocycles. The van der Waals surface area contributed by atoms with E-state index in [9.17, 15) is 19.5 Å². The van der Waals surface area contributed by atoms with E-state index in [2.05, 4.69) is 4.98 Å². The molecule has 7 heteroatoms. The molecule has 7 nitrogen and oxygen atoms in total. The van der Waals surface area contributed by atoms with Gasteiger partial charge in [-0.3, -0.25) is 14.4 Å². The van der Waals surface area contributed by atoms with Crippen molar-refractivity contribution in [2.45, 2.75) is 12.8 Å². The van der Waals surface area contributed by atoms with Crippen LogP contribution in [-0.4, -0.2) is 63.9 Å². The average molecular weight is 341 g/mol. The van der Waals surface area contributed by atoms with Crippen molar-refractivity contribution in [3.8, 4) is 0 Å². The molecule has 4 rings (SSSR count). The van der Waals surface area contributed by atoms with Crippen LogP contribution in [0.25, 0.3) is 10.9 Å². The van der Waals surface area contributed by atoms with E-state index in [0.29, 0.717) is 44.7 Å². The Morgan fingerprint density at radius 3 is 2.24 bits per heavy atom. The number of para-hydroxylation sites is 1. The van der Waals surface area contributed by atoms with E-state index in [1.807, 2.05) is 30.3 Å². The number of hydrogen-bond donors (Lipinski definition) is 2. The number of aliphatic carboxylic acids is 1. The minimum Gasteiger partial charge on any atom is -0.480 e. The number of hydrogen-bond acceptors (Lipinski definition) is 3. The van der Waals surface area contributed by atoms with Crippen LogP contribution in [0.4, 0.5) is 0 Å². The number of H-pyrrole nitrogens is 1. The highest BCUT2D eigenvalue weighted by molar-refractivity contribution is 6.05. The van der Waals surface area contributed by atoms with Gasteiger partial charge in [0.2, 0.25) is 5.91 Å². The number of piperazine rings is 1. The summed E-state index contributed by atoms with van der Waals surface area (Å²) in [6, 6.07) is 9.53. The van der Waals surface area contributed by atoms with Crippen molar-refractivity contribution in [2.75, 3.05) is 26.2 Å². The lowest BCUT2D eigenvalue weighted by molar-refractivity contribution is -0.154. The molecule has 2 fully saturated rings. The van der Waals surface area contributed by atoms with Gasteiger partial charge in [0.05, 0.1) is 0 Å². The number of carboxylic acids is 1. The van der Waals surface area contributed by atoms with Crippen LogP contribution in [0.1, 0.15) is 23.3 Å². The van der Waals surface area contributed by atoms with Crippen LogP contribution in [0.15, 0.2) is 30.3 Å². The highest BCUT2D eigenvalue weighted by Crippen LogP contribution is 2.47. The first kappa shape index (κ1) is 15.7. The summed E-state index contributed by atoms with van der Waals surface area (Å²) in [5.41, 5.74) is 0.241. The molecule has 130 valence electrons. The second-order valence-corrected chi connectivity index (χ2v) is 6.74. The number of nitrogens with zero attached hydrogens (tertiary/aromatic N) is 2. The Bertz CT molecular complexity index is 827. The van der Waals surface area contributed by atoms with Crippen LogP contribution in [0.5, 0.6) is 0 Å². The Morgan fingerprint density at radius 1 is 1.00 bits per heavy atom. The summed E-state index contributed by atoms with van der Waals surface area (Å²) in [5, 5.41) is 10.2. The summed E-state index contributed by atoms with van der Waals surface area (Å²) in [6.07, 6.45) is 0.824. The van der Waals surface area contributed by atoms with Crippen LogP contribution in [0, 0.1) is 5.41 Å². The van der Waals surface area contributed by atoms with E-state index in [1.165, 1.54) is 0 Å². The van der Waals surface area contributed by atoms with Gasteiger partial charge in [0.15, 0.2) is 0 Å². The summed E-state index contributed by atoms with van der Waals surface area (Å²) in [4.78, 5) is 42.8. The van der Waals surface area contributed by atoms with Crippen molar-refractivity contribution in [2.24, 2.45) is 5.41 Å². The predicted octanol–water partition coefficient (Wildman–Crippen LogP) is 1.32. The number of carbonyl (C=O) groups is 3. The topological polar surface area (TPSA) is 93.7 Å². The smallest absolute Gasteiger partial charge is 0.319 e. The van der Waals surface area contributed by atoms with Gasteiger partial charge in [-0.05, 0) is 25.0 Å². The third-order valence-corrected chi connectivity index (χ3v) is 5.18.